The molecule has 0 radical (unpaired) electrons. The highest BCUT2D eigenvalue weighted by atomic mass is 79.9. The molecule has 24 heavy (non-hydrogen) atoms. The molecule has 4 heterocycles. The summed E-state index contributed by atoms with van der Waals surface area (Å²) in [7, 11) is 0. The molecule has 0 amide bonds. The summed E-state index contributed by atoms with van der Waals surface area (Å²) in [6, 6.07) is 2.21. The Bertz CT molecular complexity index is 692. The predicted molar refractivity (Wildman–Crippen MR) is 102 cm³/mol. The van der Waals surface area contributed by atoms with Crippen LogP contribution in [-0.4, -0.2) is 47.7 Å². The normalized spacial score (nSPS) is 18.1. The van der Waals surface area contributed by atoms with E-state index in [4.69, 9.17) is 9.72 Å². The van der Waals surface area contributed by atoms with Crippen molar-refractivity contribution in [2.75, 3.05) is 37.7 Å². The summed E-state index contributed by atoms with van der Waals surface area (Å²) >= 11 is 5.33. The Morgan fingerprint density at radius 3 is 2.83 bits per heavy atom. The molecule has 130 valence electrons. The summed E-state index contributed by atoms with van der Waals surface area (Å²) in [6.45, 7) is 6.31. The molecule has 4 rings (SSSR count). The summed E-state index contributed by atoms with van der Waals surface area (Å²) in [6.07, 6.45) is 3.02. The quantitative estimate of drug-likeness (QED) is 0.747. The largest absolute Gasteiger partial charge is 0.378 e. The highest BCUT2D eigenvalue weighted by molar-refractivity contribution is 9.10. The van der Waals surface area contributed by atoms with Gasteiger partial charge in [-0.1, -0.05) is 0 Å². The third kappa shape index (κ3) is 4.08. The van der Waals surface area contributed by atoms with Crippen molar-refractivity contribution in [3.05, 3.63) is 38.3 Å². The minimum Gasteiger partial charge on any atom is -0.378 e. The highest BCUT2D eigenvalue weighted by Crippen LogP contribution is 2.25. The van der Waals surface area contributed by atoms with Gasteiger partial charge >= 0.3 is 0 Å². The van der Waals surface area contributed by atoms with Crippen molar-refractivity contribution in [1.29, 1.82) is 0 Å². The van der Waals surface area contributed by atoms with Crippen molar-refractivity contribution < 1.29 is 4.74 Å². The van der Waals surface area contributed by atoms with E-state index in [1.165, 1.54) is 20.6 Å². The maximum atomic E-state index is 5.40. The maximum absolute atomic E-state index is 5.40. The molecular weight excluding hydrogens is 412 g/mol. The fourth-order valence-electron chi connectivity index (χ4n) is 3.07. The van der Waals surface area contributed by atoms with Crippen molar-refractivity contribution in [2.24, 2.45) is 0 Å². The second-order valence-electron chi connectivity index (χ2n) is 5.93. The lowest BCUT2D eigenvalue weighted by atomic mass is 10.1. The molecule has 5 nitrogen and oxygen atoms in total. The van der Waals surface area contributed by atoms with E-state index in [2.05, 4.69) is 42.2 Å². The molecule has 2 aromatic rings. The number of anilines is 1. The zero-order valence-electron chi connectivity index (χ0n) is 13.3. The standard InChI is InChI=1S/C16H19BrN4OS.ClH/c17-13-7-14(23-11-13)10-20-2-1-15-12(9-20)8-18-16(19-15)21-3-5-22-6-4-21;/h7-8,11H,1-6,9-10H2;1H. The van der Waals surface area contributed by atoms with Crippen LogP contribution in [0.5, 0.6) is 0 Å². The monoisotopic (exact) mass is 430 g/mol. The number of hydrogen-bond acceptors (Lipinski definition) is 6. The molecule has 0 unspecified atom stereocenters. The first-order valence-electron chi connectivity index (χ1n) is 7.91. The molecule has 8 heteroatoms. The number of rotatable bonds is 3. The number of aromatic nitrogens is 2. The first-order valence-corrected chi connectivity index (χ1v) is 9.58. The van der Waals surface area contributed by atoms with Crippen LogP contribution >= 0.6 is 39.7 Å². The van der Waals surface area contributed by atoms with Gasteiger partial charge in [-0.25, -0.2) is 9.97 Å². The second kappa shape index (κ2) is 8.10. The summed E-state index contributed by atoms with van der Waals surface area (Å²) in [5, 5.41) is 2.14. The Morgan fingerprint density at radius 1 is 1.25 bits per heavy atom. The van der Waals surface area contributed by atoms with E-state index in [0.717, 1.165) is 58.3 Å². The number of nitrogens with zero attached hydrogens (tertiary/aromatic N) is 4. The molecule has 2 aliphatic rings. The van der Waals surface area contributed by atoms with E-state index in [9.17, 15) is 0 Å². The summed E-state index contributed by atoms with van der Waals surface area (Å²) in [5.74, 6) is 0.864. The van der Waals surface area contributed by atoms with E-state index in [-0.39, 0.29) is 12.4 Å². The number of ether oxygens (including phenoxy) is 1. The van der Waals surface area contributed by atoms with E-state index in [1.54, 1.807) is 0 Å². The van der Waals surface area contributed by atoms with Gasteiger partial charge in [0.05, 0.1) is 18.9 Å². The van der Waals surface area contributed by atoms with Gasteiger partial charge in [-0.05, 0) is 22.0 Å². The van der Waals surface area contributed by atoms with Crippen LogP contribution in [0.1, 0.15) is 16.1 Å². The Morgan fingerprint density at radius 2 is 2.08 bits per heavy atom. The molecular formula is C16H20BrClN4OS. The van der Waals surface area contributed by atoms with Gasteiger partial charge in [0, 0.05) is 65.6 Å². The Labute approximate surface area is 160 Å². The van der Waals surface area contributed by atoms with E-state index < -0.39 is 0 Å². The van der Waals surface area contributed by atoms with Gasteiger partial charge in [0.1, 0.15) is 0 Å². The Kier molecular flexibility index (Phi) is 6.10. The molecule has 0 N–H and O–H groups in total. The molecule has 1 fully saturated rings. The van der Waals surface area contributed by atoms with Crippen molar-refractivity contribution in [3.63, 3.8) is 0 Å². The Hall–Kier alpha value is -0.730. The summed E-state index contributed by atoms with van der Waals surface area (Å²) < 4.78 is 6.57. The molecule has 1 saturated heterocycles. The van der Waals surface area contributed by atoms with Gasteiger partial charge in [0.25, 0.3) is 0 Å². The molecule has 2 aliphatic heterocycles. The van der Waals surface area contributed by atoms with Gasteiger partial charge in [0.15, 0.2) is 0 Å². The van der Waals surface area contributed by atoms with Gasteiger partial charge in [-0.15, -0.1) is 23.7 Å². The zero-order valence-corrected chi connectivity index (χ0v) is 16.5. The SMILES string of the molecule is Brc1csc(CN2CCc3nc(N4CCOCC4)ncc3C2)c1.Cl. The third-order valence-electron chi connectivity index (χ3n) is 4.30. The van der Waals surface area contributed by atoms with Gasteiger partial charge in [-0.2, -0.15) is 0 Å². The van der Waals surface area contributed by atoms with E-state index in [0.29, 0.717) is 0 Å². The lowest BCUT2D eigenvalue weighted by Gasteiger charge is -2.30. The number of halogens is 2. The van der Waals surface area contributed by atoms with Crippen molar-refractivity contribution in [3.8, 4) is 0 Å². The van der Waals surface area contributed by atoms with Crippen molar-refractivity contribution in [2.45, 2.75) is 19.5 Å². The first kappa shape index (κ1) is 18.1. The molecule has 0 saturated carbocycles. The van der Waals surface area contributed by atoms with Gasteiger partial charge < -0.3 is 9.64 Å². The van der Waals surface area contributed by atoms with Crippen LogP contribution in [0.4, 0.5) is 5.95 Å². The van der Waals surface area contributed by atoms with E-state index in [1.807, 2.05) is 17.5 Å². The van der Waals surface area contributed by atoms with Gasteiger partial charge in [0.2, 0.25) is 5.95 Å². The van der Waals surface area contributed by atoms with Crippen molar-refractivity contribution in [1.82, 2.24) is 14.9 Å². The van der Waals surface area contributed by atoms with Gasteiger partial charge in [-0.3, -0.25) is 4.90 Å². The molecule has 0 aliphatic carbocycles. The smallest absolute Gasteiger partial charge is 0.225 e. The van der Waals surface area contributed by atoms with Crippen LogP contribution in [0.15, 0.2) is 22.1 Å². The minimum absolute atomic E-state index is 0. The fourth-order valence-corrected chi connectivity index (χ4v) is 4.56. The second-order valence-corrected chi connectivity index (χ2v) is 7.84. The van der Waals surface area contributed by atoms with Crippen LogP contribution in [0.2, 0.25) is 0 Å². The number of fused-ring (bicyclic) bond motifs is 1. The first-order chi connectivity index (χ1) is 11.3. The average Bonchev–Trinajstić information content (AvgIpc) is 3.00. The zero-order chi connectivity index (χ0) is 15.6. The fraction of sp³-hybridized carbons (Fsp3) is 0.500. The van der Waals surface area contributed by atoms with Crippen LogP contribution in [0.25, 0.3) is 0 Å². The molecule has 0 atom stereocenters. The van der Waals surface area contributed by atoms with Crippen LogP contribution < -0.4 is 4.90 Å². The molecule has 2 aromatic heterocycles. The topological polar surface area (TPSA) is 41.5 Å². The molecule has 0 aromatic carbocycles. The van der Waals surface area contributed by atoms with Crippen LogP contribution in [-0.2, 0) is 24.2 Å². The minimum atomic E-state index is 0. The number of thiophene rings is 1. The van der Waals surface area contributed by atoms with Crippen LogP contribution in [0.3, 0.4) is 0 Å². The predicted octanol–water partition coefficient (Wildman–Crippen LogP) is 3.12. The number of morpholine rings is 1. The number of hydrogen-bond donors (Lipinski definition) is 0. The Balaban J connectivity index is 0.00000169. The third-order valence-corrected chi connectivity index (χ3v) is 5.98. The average molecular weight is 432 g/mol. The summed E-state index contributed by atoms with van der Waals surface area (Å²) in [5.41, 5.74) is 2.48. The highest BCUT2D eigenvalue weighted by Gasteiger charge is 2.21. The lowest BCUT2D eigenvalue weighted by molar-refractivity contribution is 0.122. The van der Waals surface area contributed by atoms with Crippen molar-refractivity contribution >= 4 is 45.6 Å². The summed E-state index contributed by atoms with van der Waals surface area (Å²) in [4.78, 5) is 15.5. The van der Waals surface area contributed by atoms with Crippen LogP contribution in [0, 0.1) is 0 Å². The molecule has 0 spiro atoms. The molecule has 0 bridgehead atoms. The van der Waals surface area contributed by atoms with E-state index >= 15 is 0 Å². The maximum Gasteiger partial charge on any atom is 0.225 e. The lowest BCUT2D eigenvalue weighted by Crippen LogP contribution is -2.38.